The predicted molar refractivity (Wildman–Crippen MR) is 157 cm³/mol. The zero-order valence-electron chi connectivity index (χ0n) is 23.4. The molecule has 0 aliphatic carbocycles. The molecule has 6 nitrogen and oxygen atoms in total. The van der Waals surface area contributed by atoms with Crippen LogP contribution in [0.25, 0.3) is 11.0 Å². The number of amides is 2. The van der Waals surface area contributed by atoms with Crippen LogP contribution in [-0.2, 0) is 35.5 Å². The highest BCUT2D eigenvalue weighted by Crippen LogP contribution is 2.19. The highest BCUT2D eigenvalue weighted by molar-refractivity contribution is 5.81. The van der Waals surface area contributed by atoms with Gasteiger partial charge in [-0.2, -0.15) is 0 Å². The number of imidazole rings is 1. The van der Waals surface area contributed by atoms with Crippen LogP contribution in [0.5, 0.6) is 0 Å². The summed E-state index contributed by atoms with van der Waals surface area (Å²) in [5.41, 5.74) is 5.26. The van der Waals surface area contributed by atoms with Crippen LogP contribution in [0, 0.1) is 6.92 Å². The van der Waals surface area contributed by atoms with E-state index < -0.39 is 0 Å². The van der Waals surface area contributed by atoms with E-state index >= 15 is 0 Å². The number of rotatable bonds is 13. The molecule has 2 amide bonds. The van der Waals surface area contributed by atoms with Crippen LogP contribution in [0.1, 0.15) is 55.6 Å². The Morgan fingerprint density at radius 1 is 0.897 bits per heavy atom. The first kappa shape index (κ1) is 28.1. The Bertz CT molecular complexity index is 1380. The van der Waals surface area contributed by atoms with E-state index in [9.17, 15) is 9.59 Å². The lowest BCUT2D eigenvalue weighted by molar-refractivity contribution is -0.134. The van der Waals surface area contributed by atoms with Crippen molar-refractivity contribution < 1.29 is 9.59 Å². The molecule has 0 aliphatic heterocycles. The van der Waals surface area contributed by atoms with Gasteiger partial charge >= 0.3 is 0 Å². The fraction of sp³-hybridized carbons (Fsp3) is 0.364. The van der Waals surface area contributed by atoms with E-state index in [0.29, 0.717) is 19.5 Å². The van der Waals surface area contributed by atoms with Gasteiger partial charge in [-0.05, 0) is 62.4 Å². The highest BCUT2D eigenvalue weighted by atomic mass is 16.2. The molecule has 3 aromatic carbocycles. The van der Waals surface area contributed by atoms with Gasteiger partial charge in [0.1, 0.15) is 12.4 Å². The van der Waals surface area contributed by atoms with Crippen molar-refractivity contribution in [3.05, 3.63) is 101 Å². The fourth-order valence-corrected chi connectivity index (χ4v) is 4.91. The minimum absolute atomic E-state index is 0.0646. The lowest BCUT2D eigenvalue weighted by Gasteiger charge is -2.27. The molecule has 4 rings (SSSR count). The number of aryl methyl sites for hydroxylation is 2. The Morgan fingerprint density at radius 3 is 2.38 bits per heavy atom. The maximum Gasteiger partial charge on any atom is 0.243 e. The SMILES string of the molecule is Cc1ccccc1CC(=O)NCCCCCc1nc2ccccc2n1CC(=O)N(Cc1ccccc1)C(C)C. The van der Waals surface area contributed by atoms with Crippen LogP contribution in [0.4, 0.5) is 0 Å². The third kappa shape index (κ3) is 7.79. The van der Waals surface area contributed by atoms with Crippen molar-refractivity contribution in [1.29, 1.82) is 0 Å². The lowest BCUT2D eigenvalue weighted by Crippen LogP contribution is -2.38. The van der Waals surface area contributed by atoms with Gasteiger partial charge in [0.15, 0.2) is 0 Å². The summed E-state index contributed by atoms with van der Waals surface area (Å²) < 4.78 is 2.09. The third-order valence-corrected chi connectivity index (χ3v) is 7.18. The standard InChI is InChI=1S/C33H40N4O2/c1-25(2)36(23-27-15-6-4-7-16-27)33(39)24-37-30-19-12-11-18-29(30)35-31(37)20-8-5-13-21-34-32(38)22-28-17-10-9-14-26(28)3/h4,6-7,9-12,14-19,25H,5,8,13,20-24H2,1-3H3,(H,34,38). The normalized spacial score (nSPS) is 11.2. The minimum atomic E-state index is 0.0646. The van der Waals surface area contributed by atoms with Crippen molar-refractivity contribution in [1.82, 2.24) is 19.8 Å². The number of hydrogen-bond donors (Lipinski definition) is 1. The molecule has 204 valence electrons. The molecule has 0 saturated heterocycles. The first-order valence-electron chi connectivity index (χ1n) is 14.0. The average Bonchev–Trinajstić information content (AvgIpc) is 3.27. The number of carbonyl (C=O) groups excluding carboxylic acids is 2. The summed E-state index contributed by atoms with van der Waals surface area (Å²) in [5, 5.41) is 3.05. The number of fused-ring (bicyclic) bond motifs is 1. The fourth-order valence-electron chi connectivity index (χ4n) is 4.91. The van der Waals surface area contributed by atoms with Gasteiger partial charge in [0.25, 0.3) is 0 Å². The first-order valence-corrected chi connectivity index (χ1v) is 14.0. The second-order valence-corrected chi connectivity index (χ2v) is 10.5. The number of benzene rings is 3. The van der Waals surface area contributed by atoms with Crippen molar-refractivity contribution in [3.63, 3.8) is 0 Å². The highest BCUT2D eigenvalue weighted by Gasteiger charge is 2.20. The quantitative estimate of drug-likeness (QED) is 0.223. The molecular weight excluding hydrogens is 484 g/mol. The van der Waals surface area contributed by atoms with Gasteiger partial charge in [-0.25, -0.2) is 4.98 Å². The summed E-state index contributed by atoms with van der Waals surface area (Å²) in [4.78, 5) is 32.7. The molecule has 0 aliphatic rings. The summed E-state index contributed by atoms with van der Waals surface area (Å²) in [6.45, 7) is 7.70. The van der Waals surface area contributed by atoms with E-state index in [-0.39, 0.29) is 24.4 Å². The first-order chi connectivity index (χ1) is 18.9. The van der Waals surface area contributed by atoms with Crippen molar-refractivity contribution in [2.75, 3.05) is 6.54 Å². The monoisotopic (exact) mass is 524 g/mol. The molecule has 0 atom stereocenters. The smallest absolute Gasteiger partial charge is 0.243 e. The zero-order chi connectivity index (χ0) is 27.6. The van der Waals surface area contributed by atoms with Crippen LogP contribution in [-0.4, -0.2) is 38.9 Å². The number of nitrogens with one attached hydrogen (secondary N) is 1. The van der Waals surface area contributed by atoms with Crippen LogP contribution < -0.4 is 5.32 Å². The summed E-state index contributed by atoms with van der Waals surface area (Å²) in [6.07, 6.45) is 4.05. The molecular formula is C33H40N4O2. The van der Waals surface area contributed by atoms with Crippen molar-refractivity contribution in [2.45, 2.75) is 72.0 Å². The van der Waals surface area contributed by atoms with Gasteiger partial charge in [-0.1, -0.05) is 73.2 Å². The Kier molecular flexibility index (Phi) is 9.90. The van der Waals surface area contributed by atoms with Crippen LogP contribution in [0.2, 0.25) is 0 Å². The van der Waals surface area contributed by atoms with E-state index in [1.54, 1.807) is 0 Å². The predicted octanol–water partition coefficient (Wildman–Crippen LogP) is 5.85. The molecule has 0 spiro atoms. The van der Waals surface area contributed by atoms with E-state index in [1.807, 2.05) is 78.6 Å². The maximum absolute atomic E-state index is 13.5. The van der Waals surface area contributed by atoms with Crippen molar-refractivity contribution >= 4 is 22.8 Å². The molecule has 1 aromatic heterocycles. The maximum atomic E-state index is 13.5. The van der Waals surface area contributed by atoms with Gasteiger partial charge in [0.05, 0.1) is 17.5 Å². The van der Waals surface area contributed by atoms with Gasteiger partial charge in [0.2, 0.25) is 11.8 Å². The molecule has 1 heterocycles. The largest absolute Gasteiger partial charge is 0.356 e. The molecule has 0 radical (unpaired) electrons. The van der Waals surface area contributed by atoms with Gasteiger partial charge in [0, 0.05) is 25.6 Å². The molecule has 0 unspecified atom stereocenters. The van der Waals surface area contributed by atoms with Crippen LogP contribution in [0.3, 0.4) is 0 Å². The van der Waals surface area contributed by atoms with E-state index in [2.05, 4.69) is 35.9 Å². The summed E-state index contributed by atoms with van der Waals surface area (Å²) in [7, 11) is 0. The topological polar surface area (TPSA) is 67.2 Å². The van der Waals surface area contributed by atoms with E-state index in [1.165, 1.54) is 0 Å². The van der Waals surface area contributed by atoms with Crippen LogP contribution in [0.15, 0.2) is 78.9 Å². The molecule has 0 bridgehead atoms. The third-order valence-electron chi connectivity index (χ3n) is 7.18. The number of hydrogen-bond acceptors (Lipinski definition) is 3. The molecule has 39 heavy (non-hydrogen) atoms. The minimum Gasteiger partial charge on any atom is -0.356 e. The van der Waals surface area contributed by atoms with Crippen molar-refractivity contribution in [3.8, 4) is 0 Å². The van der Waals surface area contributed by atoms with E-state index in [4.69, 9.17) is 4.98 Å². The number of nitrogens with zero attached hydrogens (tertiary/aromatic N) is 3. The number of aromatic nitrogens is 2. The Balaban J connectivity index is 1.32. The Labute approximate surface area is 232 Å². The molecule has 0 fully saturated rings. The zero-order valence-corrected chi connectivity index (χ0v) is 23.4. The summed E-state index contributed by atoms with van der Waals surface area (Å²) in [5.74, 6) is 1.10. The number of unbranched alkanes of at least 4 members (excludes halogenated alkanes) is 2. The van der Waals surface area contributed by atoms with Gasteiger partial charge in [-0.15, -0.1) is 0 Å². The number of para-hydroxylation sites is 2. The summed E-state index contributed by atoms with van der Waals surface area (Å²) >= 11 is 0. The second-order valence-electron chi connectivity index (χ2n) is 10.5. The summed E-state index contributed by atoms with van der Waals surface area (Å²) in [6, 6.07) is 26.3. The molecule has 0 saturated carbocycles. The van der Waals surface area contributed by atoms with Gasteiger partial charge in [-0.3, -0.25) is 9.59 Å². The molecule has 4 aromatic rings. The number of carbonyl (C=O) groups is 2. The average molecular weight is 525 g/mol. The van der Waals surface area contributed by atoms with Crippen LogP contribution >= 0.6 is 0 Å². The molecule has 6 heteroatoms. The van der Waals surface area contributed by atoms with Crippen molar-refractivity contribution in [2.24, 2.45) is 0 Å². The molecule has 1 N–H and O–H groups in total. The van der Waals surface area contributed by atoms with Gasteiger partial charge < -0.3 is 14.8 Å². The van der Waals surface area contributed by atoms with E-state index in [0.717, 1.165) is 59.2 Å². The Morgan fingerprint density at radius 2 is 1.62 bits per heavy atom. The Hall–Kier alpha value is -3.93. The second kappa shape index (κ2) is 13.7. The lowest BCUT2D eigenvalue weighted by atomic mass is 10.1.